The maximum absolute atomic E-state index is 13.6. The van der Waals surface area contributed by atoms with Gasteiger partial charge in [0.15, 0.2) is 5.66 Å². The molecular formula is C25H21ClN2O2. The van der Waals surface area contributed by atoms with Gasteiger partial charge in [-0.25, -0.2) is 0 Å². The quantitative estimate of drug-likeness (QED) is 0.635. The van der Waals surface area contributed by atoms with Gasteiger partial charge in [0.05, 0.1) is 6.42 Å². The molecule has 30 heavy (non-hydrogen) atoms. The third kappa shape index (κ3) is 2.67. The van der Waals surface area contributed by atoms with Gasteiger partial charge in [-0.3, -0.25) is 9.59 Å². The molecule has 0 bridgehead atoms. The first-order valence-electron chi connectivity index (χ1n) is 10.1. The van der Waals surface area contributed by atoms with Crippen molar-refractivity contribution < 1.29 is 9.59 Å². The first-order valence-corrected chi connectivity index (χ1v) is 10.4. The minimum absolute atomic E-state index is 0.00935. The Bertz CT molecular complexity index is 1140. The molecule has 1 unspecified atom stereocenters. The monoisotopic (exact) mass is 416 g/mol. The van der Waals surface area contributed by atoms with Crippen LogP contribution in [0.4, 0.5) is 0 Å². The van der Waals surface area contributed by atoms with Crippen LogP contribution in [0.5, 0.6) is 0 Å². The maximum atomic E-state index is 13.6. The van der Waals surface area contributed by atoms with Crippen molar-refractivity contribution in [2.75, 3.05) is 13.1 Å². The lowest BCUT2D eigenvalue weighted by Crippen LogP contribution is -2.52. The predicted octanol–water partition coefficient (Wildman–Crippen LogP) is 4.39. The SMILES string of the molecule is Cc1ccc(C23c4ccccc4C(=O)N2CCN3C(=O)Cc2ccc(Cl)cc2)cc1. The van der Waals surface area contributed by atoms with E-state index in [9.17, 15) is 9.59 Å². The molecule has 1 saturated heterocycles. The molecule has 5 rings (SSSR count). The largest absolute Gasteiger partial charge is 0.309 e. The number of aryl methyl sites for hydroxylation is 1. The molecule has 2 heterocycles. The fraction of sp³-hybridized carbons (Fsp3) is 0.200. The van der Waals surface area contributed by atoms with Gasteiger partial charge >= 0.3 is 0 Å². The van der Waals surface area contributed by atoms with E-state index in [0.717, 1.165) is 22.3 Å². The molecule has 2 amide bonds. The summed E-state index contributed by atoms with van der Waals surface area (Å²) in [6.45, 7) is 3.04. The smallest absolute Gasteiger partial charge is 0.256 e. The summed E-state index contributed by atoms with van der Waals surface area (Å²) in [6.07, 6.45) is 0.259. The first-order chi connectivity index (χ1) is 14.5. The number of halogens is 1. The zero-order valence-electron chi connectivity index (χ0n) is 16.6. The second kappa shape index (κ2) is 6.99. The molecule has 5 heteroatoms. The van der Waals surface area contributed by atoms with Crippen molar-refractivity contribution in [2.24, 2.45) is 0 Å². The number of rotatable bonds is 3. The first kappa shape index (κ1) is 18.9. The van der Waals surface area contributed by atoms with Crippen LogP contribution in [0, 0.1) is 6.92 Å². The Balaban J connectivity index is 1.64. The Morgan fingerprint density at radius 3 is 2.40 bits per heavy atom. The van der Waals surface area contributed by atoms with Crippen LogP contribution < -0.4 is 0 Å². The van der Waals surface area contributed by atoms with Gasteiger partial charge in [0.2, 0.25) is 5.91 Å². The Morgan fingerprint density at radius 1 is 0.967 bits per heavy atom. The number of fused-ring (bicyclic) bond motifs is 3. The Kier molecular flexibility index (Phi) is 4.40. The molecule has 0 aliphatic carbocycles. The zero-order chi connectivity index (χ0) is 20.9. The van der Waals surface area contributed by atoms with Crippen LogP contribution in [-0.2, 0) is 16.9 Å². The highest BCUT2D eigenvalue weighted by atomic mass is 35.5. The summed E-state index contributed by atoms with van der Waals surface area (Å²) in [5.41, 5.74) is 3.62. The lowest BCUT2D eigenvalue weighted by Gasteiger charge is -2.40. The number of hydrogen-bond acceptors (Lipinski definition) is 2. The van der Waals surface area contributed by atoms with Gasteiger partial charge < -0.3 is 9.80 Å². The highest BCUT2D eigenvalue weighted by Gasteiger charge is 2.59. The van der Waals surface area contributed by atoms with Gasteiger partial charge in [0, 0.05) is 34.8 Å². The molecule has 0 saturated carbocycles. The average molecular weight is 417 g/mol. The topological polar surface area (TPSA) is 40.6 Å². The van der Waals surface area contributed by atoms with Crippen LogP contribution in [-0.4, -0.2) is 34.7 Å². The number of benzene rings is 3. The van der Waals surface area contributed by atoms with Gasteiger partial charge in [-0.15, -0.1) is 0 Å². The highest BCUT2D eigenvalue weighted by Crippen LogP contribution is 2.49. The summed E-state index contributed by atoms with van der Waals surface area (Å²) in [6, 6.07) is 23.1. The molecule has 0 radical (unpaired) electrons. The van der Waals surface area contributed by atoms with E-state index >= 15 is 0 Å². The van der Waals surface area contributed by atoms with Gasteiger partial charge in [-0.1, -0.05) is 71.8 Å². The van der Waals surface area contributed by atoms with Gasteiger partial charge in [0.1, 0.15) is 0 Å². The molecule has 1 fully saturated rings. The summed E-state index contributed by atoms with van der Waals surface area (Å²) in [7, 11) is 0. The van der Waals surface area contributed by atoms with Crippen molar-refractivity contribution in [3.63, 3.8) is 0 Å². The van der Waals surface area contributed by atoms with Crippen LogP contribution >= 0.6 is 11.6 Å². The van der Waals surface area contributed by atoms with Crippen molar-refractivity contribution in [3.05, 3.63) is 106 Å². The summed E-state index contributed by atoms with van der Waals surface area (Å²) in [5.74, 6) is -0.0298. The second-order valence-electron chi connectivity index (χ2n) is 7.89. The van der Waals surface area contributed by atoms with Crippen molar-refractivity contribution in [3.8, 4) is 0 Å². The number of carbonyl (C=O) groups is 2. The van der Waals surface area contributed by atoms with Crippen molar-refractivity contribution in [1.29, 1.82) is 0 Å². The van der Waals surface area contributed by atoms with Crippen LogP contribution in [0.3, 0.4) is 0 Å². The van der Waals surface area contributed by atoms with E-state index in [0.29, 0.717) is 23.7 Å². The van der Waals surface area contributed by atoms with E-state index in [1.54, 1.807) is 12.1 Å². The molecule has 2 aliphatic heterocycles. The number of carbonyl (C=O) groups excluding carboxylic acids is 2. The normalized spacial score (nSPS) is 19.7. The molecule has 2 aliphatic rings. The Labute approximate surface area is 180 Å². The fourth-order valence-electron chi connectivity index (χ4n) is 4.76. The number of amides is 2. The van der Waals surface area contributed by atoms with Crippen molar-refractivity contribution in [1.82, 2.24) is 9.80 Å². The van der Waals surface area contributed by atoms with E-state index in [4.69, 9.17) is 11.6 Å². The van der Waals surface area contributed by atoms with Crippen molar-refractivity contribution in [2.45, 2.75) is 19.0 Å². The standard InChI is InChI=1S/C25H21ClN2O2/c1-17-6-10-19(11-7-17)25-22-5-3-2-4-21(22)24(30)28(25)15-14-27(25)23(29)16-18-8-12-20(26)13-9-18/h2-13H,14-16H2,1H3. The third-order valence-corrected chi connectivity index (χ3v) is 6.38. The molecule has 0 N–H and O–H groups in total. The fourth-order valence-corrected chi connectivity index (χ4v) is 4.88. The van der Waals surface area contributed by atoms with E-state index < -0.39 is 5.66 Å². The van der Waals surface area contributed by atoms with Crippen LogP contribution in [0.2, 0.25) is 5.02 Å². The lowest BCUT2D eigenvalue weighted by atomic mass is 9.89. The van der Waals surface area contributed by atoms with Gasteiger partial charge in [0.25, 0.3) is 5.91 Å². The average Bonchev–Trinajstić information content (AvgIpc) is 3.26. The second-order valence-corrected chi connectivity index (χ2v) is 8.33. The third-order valence-electron chi connectivity index (χ3n) is 6.13. The highest BCUT2D eigenvalue weighted by molar-refractivity contribution is 6.30. The lowest BCUT2D eigenvalue weighted by molar-refractivity contribution is -0.135. The summed E-state index contributed by atoms with van der Waals surface area (Å²) in [4.78, 5) is 30.5. The summed E-state index contributed by atoms with van der Waals surface area (Å²) >= 11 is 6.00. The molecule has 4 nitrogen and oxygen atoms in total. The molecule has 1 atom stereocenters. The zero-order valence-corrected chi connectivity index (χ0v) is 17.4. The van der Waals surface area contributed by atoms with Gasteiger partial charge in [-0.05, 0) is 30.7 Å². The van der Waals surface area contributed by atoms with Gasteiger partial charge in [-0.2, -0.15) is 0 Å². The maximum Gasteiger partial charge on any atom is 0.256 e. The number of nitrogens with zero attached hydrogens (tertiary/aromatic N) is 2. The Morgan fingerprint density at radius 2 is 1.67 bits per heavy atom. The molecule has 150 valence electrons. The minimum Gasteiger partial charge on any atom is -0.309 e. The Hall–Kier alpha value is -3.11. The molecule has 0 aromatic heterocycles. The van der Waals surface area contributed by atoms with E-state index in [-0.39, 0.29) is 18.2 Å². The van der Waals surface area contributed by atoms with Crippen molar-refractivity contribution >= 4 is 23.4 Å². The molecule has 0 spiro atoms. The summed E-state index contributed by atoms with van der Waals surface area (Å²) < 4.78 is 0. The van der Waals surface area contributed by atoms with Crippen LogP contribution in [0.1, 0.15) is 32.6 Å². The van der Waals surface area contributed by atoms with Crippen LogP contribution in [0.25, 0.3) is 0 Å². The number of hydrogen-bond donors (Lipinski definition) is 0. The minimum atomic E-state index is -0.898. The molecule has 3 aromatic rings. The molecule has 3 aromatic carbocycles. The summed E-state index contributed by atoms with van der Waals surface area (Å²) in [5, 5.41) is 0.644. The predicted molar refractivity (Wildman–Crippen MR) is 116 cm³/mol. The van der Waals surface area contributed by atoms with Crippen LogP contribution in [0.15, 0.2) is 72.8 Å². The van der Waals surface area contributed by atoms with E-state index in [1.807, 2.05) is 77.4 Å². The van der Waals surface area contributed by atoms with E-state index in [2.05, 4.69) is 0 Å². The van der Waals surface area contributed by atoms with E-state index in [1.165, 1.54) is 0 Å². The molecular weight excluding hydrogens is 396 g/mol.